The van der Waals surface area contributed by atoms with Crippen LogP contribution in [0.1, 0.15) is 42.7 Å². The summed E-state index contributed by atoms with van der Waals surface area (Å²) in [5, 5.41) is 0. The highest BCUT2D eigenvalue weighted by molar-refractivity contribution is 6.29. The van der Waals surface area contributed by atoms with Crippen LogP contribution < -0.4 is 11.2 Å². The number of aromatic amines is 1. The Morgan fingerprint density at radius 2 is 1.62 bits per heavy atom. The van der Waals surface area contributed by atoms with Crippen LogP contribution in [0, 0.1) is 12.8 Å². The molecule has 3 aromatic rings. The molecule has 1 aliphatic heterocycles. The topological polar surface area (TPSA) is 135 Å². The second-order valence-corrected chi connectivity index (χ2v) is 11.0. The van der Waals surface area contributed by atoms with Crippen molar-refractivity contribution >= 4 is 11.9 Å². The highest BCUT2D eigenvalue weighted by atomic mass is 16.6. The summed E-state index contributed by atoms with van der Waals surface area (Å²) < 4.78 is 31.2. The number of hydrogen-bond donors (Lipinski definition) is 1. The van der Waals surface area contributed by atoms with Gasteiger partial charge in [0.05, 0.1) is 32.8 Å². The van der Waals surface area contributed by atoms with Crippen molar-refractivity contribution in [3.63, 3.8) is 0 Å². The van der Waals surface area contributed by atoms with Gasteiger partial charge in [0.25, 0.3) is 5.56 Å². The van der Waals surface area contributed by atoms with E-state index in [-0.39, 0.29) is 19.6 Å². The Bertz CT molecular complexity index is 1540. The van der Waals surface area contributed by atoms with Crippen LogP contribution in [0.15, 0.2) is 76.4 Å². The number of aryl methyl sites for hydroxylation is 1. The number of esters is 2. The lowest BCUT2D eigenvalue weighted by Gasteiger charge is -2.46. The number of hydrogen-bond acceptors (Lipinski definition) is 9. The lowest BCUT2D eigenvalue weighted by molar-refractivity contribution is -0.199. The van der Waals surface area contributed by atoms with Crippen molar-refractivity contribution in [3.05, 3.63) is 104 Å². The number of nitrogens with zero attached hydrogens (tertiary/aromatic N) is 1. The van der Waals surface area contributed by atoms with Crippen molar-refractivity contribution in [2.24, 2.45) is 5.92 Å². The molecule has 1 aromatic heterocycles. The van der Waals surface area contributed by atoms with Crippen molar-refractivity contribution in [1.29, 1.82) is 0 Å². The largest absolute Gasteiger partial charge is 0.461 e. The molecule has 1 N–H and O–H groups in total. The van der Waals surface area contributed by atoms with Gasteiger partial charge in [-0.3, -0.25) is 14.3 Å². The fraction of sp³-hybridized carbons (Fsp3) is 0.419. The number of fused-ring (bicyclic) bond motifs is 2. The zero-order valence-corrected chi connectivity index (χ0v) is 23.7. The van der Waals surface area contributed by atoms with Gasteiger partial charge in [0.1, 0.15) is 23.5 Å². The van der Waals surface area contributed by atoms with Gasteiger partial charge in [0, 0.05) is 11.8 Å². The van der Waals surface area contributed by atoms with Crippen LogP contribution >= 0.6 is 0 Å². The molecule has 0 radical (unpaired) electrons. The fourth-order valence-electron chi connectivity index (χ4n) is 5.89. The van der Waals surface area contributed by atoms with Crippen LogP contribution in [0.3, 0.4) is 0 Å². The van der Waals surface area contributed by atoms with E-state index in [1.54, 1.807) is 13.8 Å². The van der Waals surface area contributed by atoms with Crippen LogP contribution in [-0.2, 0) is 46.5 Å². The quantitative estimate of drug-likeness (QED) is 0.300. The second kappa shape index (κ2) is 12.0. The predicted molar refractivity (Wildman–Crippen MR) is 149 cm³/mol. The summed E-state index contributed by atoms with van der Waals surface area (Å²) in [6.45, 7) is 3.91. The van der Waals surface area contributed by atoms with E-state index < -0.39 is 52.6 Å². The third kappa shape index (κ3) is 5.80. The van der Waals surface area contributed by atoms with Crippen LogP contribution in [0.25, 0.3) is 0 Å². The molecule has 42 heavy (non-hydrogen) atoms. The Balaban J connectivity index is 1.56. The van der Waals surface area contributed by atoms with Gasteiger partial charge in [0.15, 0.2) is 0 Å². The standard InChI is InChI=1S/C31H34N2O9/c1-20-16-33(29(37)32-25(20)34)26-23-24(40-18-22-12-8-5-9-13-22)31(41-26,19-39-17-21-10-6-4-7-11-21)15-14-30(23,2)42-28(36)27(35)38-3/h4-13,16,23-24,26H,14-15,17-19H2,1-3H3,(H,32,34,37)/t23-,24+,26-,30+,31-/m1/s1. The third-order valence-corrected chi connectivity index (χ3v) is 8.09. The van der Waals surface area contributed by atoms with E-state index in [1.807, 2.05) is 60.7 Å². The van der Waals surface area contributed by atoms with Gasteiger partial charge in [-0.25, -0.2) is 14.4 Å². The minimum absolute atomic E-state index is 0.118. The molecular weight excluding hydrogens is 544 g/mol. The van der Waals surface area contributed by atoms with E-state index in [0.717, 1.165) is 18.2 Å². The first-order valence-corrected chi connectivity index (χ1v) is 13.7. The molecule has 1 saturated heterocycles. The monoisotopic (exact) mass is 578 g/mol. The average Bonchev–Trinajstić information content (AvgIpc) is 3.25. The van der Waals surface area contributed by atoms with Gasteiger partial charge in [-0.15, -0.1) is 0 Å². The number of methoxy groups -OCH3 is 1. The molecule has 0 spiro atoms. The molecule has 11 nitrogen and oxygen atoms in total. The summed E-state index contributed by atoms with van der Waals surface area (Å²) in [4.78, 5) is 52.4. The molecule has 5 rings (SSSR count). The van der Waals surface area contributed by atoms with Crippen LogP contribution in [0.4, 0.5) is 0 Å². The second-order valence-electron chi connectivity index (χ2n) is 11.0. The molecule has 0 unspecified atom stereocenters. The van der Waals surface area contributed by atoms with E-state index in [1.165, 1.54) is 10.8 Å². The first-order valence-electron chi connectivity index (χ1n) is 13.7. The SMILES string of the molecule is COC(=O)C(=O)O[C@@]1(C)CC[C@]2(COCc3ccccc3)O[C@@H](n3cc(C)c(=O)[nH]c3=O)[C@H]1[C@@H]2OCc1ccccc1. The number of benzene rings is 2. The van der Waals surface area contributed by atoms with Crippen molar-refractivity contribution in [2.45, 2.75) is 63.4 Å². The summed E-state index contributed by atoms with van der Waals surface area (Å²) in [5.41, 5.74) is -1.38. The zero-order valence-electron chi connectivity index (χ0n) is 23.7. The van der Waals surface area contributed by atoms with Crippen molar-refractivity contribution in [2.75, 3.05) is 13.7 Å². The van der Waals surface area contributed by atoms with Crippen LogP contribution in [0.5, 0.6) is 0 Å². The number of rotatable bonds is 9. The van der Waals surface area contributed by atoms with Crippen molar-refractivity contribution < 1.29 is 33.3 Å². The van der Waals surface area contributed by atoms with Gasteiger partial charge < -0.3 is 23.7 Å². The zero-order chi connectivity index (χ0) is 29.9. The van der Waals surface area contributed by atoms with Gasteiger partial charge in [-0.05, 0) is 37.8 Å². The summed E-state index contributed by atoms with van der Waals surface area (Å²) >= 11 is 0. The van der Waals surface area contributed by atoms with Gasteiger partial charge in [-0.1, -0.05) is 60.7 Å². The molecule has 1 aliphatic carbocycles. The lowest BCUT2D eigenvalue weighted by Crippen LogP contribution is -2.59. The average molecular weight is 579 g/mol. The Morgan fingerprint density at radius 1 is 0.976 bits per heavy atom. The molecule has 11 heteroatoms. The van der Waals surface area contributed by atoms with Gasteiger partial charge in [0.2, 0.25) is 0 Å². The van der Waals surface area contributed by atoms with E-state index in [4.69, 9.17) is 18.9 Å². The summed E-state index contributed by atoms with van der Waals surface area (Å²) in [5.74, 6) is -3.08. The van der Waals surface area contributed by atoms with Crippen LogP contribution in [0.2, 0.25) is 0 Å². The number of carbonyl (C=O) groups is 2. The maximum atomic E-state index is 13.1. The molecule has 222 valence electrons. The molecule has 0 amide bonds. The Morgan fingerprint density at radius 3 is 2.26 bits per heavy atom. The molecule has 2 fully saturated rings. The highest BCUT2D eigenvalue weighted by Gasteiger charge is 2.67. The van der Waals surface area contributed by atoms with Gasteiger partial charge >= 0.3 is 17.6 Å². The smallest absolute Gasteiger partial charge is 0.418 e. The molecule has 2 heterocycles. The minimum Gasteiger partial charge on any atom is -0.461 e. The predicted octanol–water partition coefficient (Wildman–Crippen LogP) is 2.80. The maximum Gasteiger partial charge on any atom is 0.418 e. The Kier molecular flexibility index (Phi) is 8.44. The molecular formula is C31H34N2O9. The molecule has 5 atom stereocenters. The summed E-state index contributed by atoms with van der Waals surface area (Å²) in [6, 6.07) is 19.2. The normalized spacial score (nSPS) is 26.5. The highest BCUT2D eigenvalue weighted by Crippen LogP contribution is 2.57. The molecule has 1 saturated carbocycles. The molecule has 2 aliphatic rings. The molecule has 2 aromatic carbocycles. The third-order valence-electron chi connectivity index (χ3n) is 8.09. The summed E-state index contributed by atoms with van der Waals surface area (Å²) in [6.07, 6.45) is 0.278. The van der Waals surface area contributed by atoms with E-state index in [0.29, 0.717) is 18.6 Å². The number of ether oxygens (including phenoxy) is 5. The summed E-state index contributed by atoms with van der Waals surface area (Å²) in [7, 11) is 1.10. The lowest BCUT2D eigenvalue weighted by atomic mass is 9.69. The maximum absolute atomic E-state index is 13.1. The van der Waals surface area contributed by atoms with E-state index >= 15 is 0 Å². The van der Waals surface area contributed by atoms with E-state index in [9.17, 15) is 19.2 Å². The first-order chi connectivity index (χ1) is 20.2. The first kappa shape index (κ1) is 29.4. The number of carbonyl (C=O) groups excluding carboxylic acids is 2. The molecule has 2 bridgehead atoms. The minimum atomic E-state index is -1.31. The van der Waals surface area contributed by atoms with Crippen molar-refractivity contribution in [1.82, 2.24) is 9.55 Å². The number of H-pyrrole nitrogens is 1. The number of nitrogens with one attached hydrogen (secondary N) is 1. The van der Waals surface area contributed by atoms with Gasteiger partial charge in [-0.2, -0.15) is 0 Å². The Labute approximate surface area is 242 Å². The van der Waals surface area contributed by atoms with Crippen molar-refractivity contribution in [3.8, 4) is 0 Å². The number of aromatic nitrogens is 2. The Hall–Kier alpha value is -4.06. The fourth-order valence-corrected chi connectivity index (χ4v) is 5.89. The van der Waals surface area contributed by atoms with Crippen LogP contribution in [-0.4, -0.2) is 52.5 Å². The van der Waals surface area contributed by atoms with E-state index in [2.05, 4.69) is 9.72 Å².